The van der Waals surface area contributed by atoms with Gasteiger partial charge in [-0.3, -0.25) is 9.59 Å². The van der Waals surface area contributed by atoms with Gasteiger partial charge in [-0.1, -0.05) is 23.8 Å². The minimum absolute atomic E-state index is 0.198. The van der Waals surface area contributed by atoms with Gasteiger partial charge in [0.15, 0.2) is 5.60 Å². The molecule has 1 unspecified atom stereocenters. The van der Waals surface area contributed by atoms with E-state index in [1.54, 1.807) is 18.2 Å². The van der Waals surface area contributed by atoms with Crippen molar-refractivity contribution in [2.24, 2.45) is 0 Å². The maximum atomic E-state index is 12.4. The Bertz CT molecular complexity index is 565. The lowest BCUT2D eigenvalue weighted by atomic mass is 9.89. The fraction of sp³-hybridized carbons (Fsp3) is 0.333. The predicted octanol–water partition coefficient (Wildman–Crippen LogP) is 1.69. The molecule has 1 heterocycles. The first-order valence-corrected chi connectivity index (χ1v) is 6.16. The van der Waals surface area contributed by atoms with Crippen LogP contribution in [0.25, 0.3) is 0 Å². The van der Waals surface area contributed by atoms with Gasteiger partial charge >= 0.3 is 0 Å². The Hall–Kier alpha value is -1.94. The Morgan fingerprint density at radius 1 is 1.53 bits per heavy atom. The van der Waals surface area contributed by atoms with Crippen molar-refractivity contribution < 1.29 is 14.7 Å². The zero-order valence-corrected chi connectivity index (χ0v) is 11.1. The molecule has 0 aliphatic carbocycles. The van der Waals surface area contributed by atoms with E-state index >= 15 is 0 Å². The Labute approximate surface area is 112 Å². The van der Waals surface area contributed by atoms with Crippen LogP contribution < -0.4 is 4.90 Å². The number of ketones is 1. The lowest BCUT2D eigenvalue weighted by Crippen LogP contribution is -2.41. The Morgan fingerprint density at radius 2 is 2.21 bits per heavy atom. The topological polar surface area (TPSA) is 57.6 Å². The molecule has 0 fully saturated rings. The van der Waals surface area contributed by atoms with Crippen molar-refractivity contribution in [3.63, 3.8) is 0 Å². The summed E-state index contributed by atoms with van der Waals surface area (Å²) >= 11 is 0. The molecule has 4 heteroatoms. The maximum absolute atomic E-state index is 12.4. The number of hydrogen-bond donors (Lipinski definition) is 1. The molecule has 100 valence electrons. The molecular formula is C15H17NO3. The Balaban J connectivity index is 2.59. The Kier molecular flexibility index (Phi) is 3.28. The normalized spacial score (nSPS) is 21.4. The number of rotatable bonds is 4. The van der Waals surface area contributed by atoms with Gasteiger partial charge in [-0.15, -0.1) is 6.58 Å². The molecule has 1 aliphatic rings. The van der Waals surface area contributed by atoms with E-state index in [1.807, 2.05) is 13.0 Å². The van der Waals surface area contributed by atoms with Crippen LogP contribution in [0, 0.1) is 6.92 Å². The van der Waals surface area contributed by atoms with Crippen molar-refractivity contribution >= 4 is 17.4 Å². The number of anilines is 1. The first kappa shape index (κ1) is 13.5. The summed E-state index contributed by atoms with van der Waals surface area (Å²) in [4.78, 5) is 25.2. The largest absolute Gasteiger partial charge is 0.375 e. The van der Waals surface area contributed by atoms with Crippen molar-refractivity contribution in [3.8, 4) is 0 Å². The number of hydrogen-bond acceptors (Lipinski definition) is 3. The van der Waals surface area contributed by atoms with Crippen LogP contribution >= 0.6 is 0 Å². The minimum Gasteiger partial charge on any atom is -0.375 e. The van der Waals surface area contributed by atoms with Crippen LogP contribution in [0.1, 0.15) is 24.5 Å². The maximum Gasteiger partial charge on any atom is 0.264 e. The summed E-state index contributed by atoms with van der Waals surface area (Å²) in [6, 6.07) is 5.44. The van der Waals surface area contributed by atoms with E-state index in [2.05, 4.69) is 6.58 Å². The smallest absolute Gasteiger partial charge is 0.264 e. The lowest BCUT2D eigenvalue weighted by molar-refractivity contribution is -0.141. The van der Waals surface area contributed by atoms with E-state index in [-0.39, 0.29) is 12.2 Å². The third-order valence-electron chi connectivity index (χ3n) is 3.30. The van der Waals surface area contributed by atoms with Gasteiger partial charge in [-0.2, -0.15) is 0 Å². The van der Waals surface area contributed by atoms with Crippen LogP contribution in [0.4, 0.5) is 5.69 Å². The molecule has 0 bridgehead atoms. The molecule has 1 atom stereocenters. The molecule has 19 heavy (non-hydrogen) atoms. The second kappa shape index (κ2) is 4.63. The second-order valence-corrected chi connectivity index (χ2v) is 4.96. The molecule has 1 amide bonds. The fourth-order valence-corrected chi connectivity index (χ4v) is 2.51. The summed E-state index contributed by atoms with van der Waals surface area (Å²) in [5, 5.41) is 10.7. The highest BCUT2D eigenvalue weighted by molar-refractivity contribution is 6.09. The third kappa shape index (κ3) is 2.08. The van der Waals surface area contributed by atoms with E-state index in [4.69, 9.17) is 0 Å². The molecule has 4 nitrogen and oxygen atoms in total. The van der Waals surface area contributed by atoms with E-state index in [9.17, 15) is 14.7 Å². The van der Waals surface area contributed by atoms with Crippen LogP contribution in [-0.2, 0) is 15.2 Å². The highest BCUT2D eigenvalue weighted by Crippen LogP contribution is 2.42. The summed E-state index contributed by atoms with van der Waals surface area (Å²) in [6.07, 6.45) is 1.40. The number of fused-ring (bicyclic) bond motifs is 1. The average Bonchev–Trinajstić information content (AvgIpc) is 2.51. The predicted molar refractivity (Wildman–Crippen MR) is 72.9 cm³/mol. The van der Waals surface area contributed by atoms with Gasteiger partial charge in [0, 0.05) is 18.5 Å². The van der Waals surface area contributed by atoms with Crippen LogP contribution in [0.3, 0.4) is 0 Å². The number of carbonyl (C=O) groups is 2. The number of aliphatic hydroxyl groups is 1. The summed E-state index contributed by atoms with van der Waals surface area (Å²) in [5.41, 5.74) is 0.360. The first-order valence-electron chi connectivity index (χ1n) is 6.16. The van der Waals surface area contributed by atoms with Crippen molar-refractivity contribution in [1.29, 1.82) is 0 Å². The summed E-state index contributed by atoms with van der Waals surface area (Å²) in [5.74, 6) is -0.674. The monoisotopic (exact) mass is 259 g/mol. The molecule has 1 N–H and O–H groups in total. The van der Waals surface area contributed by atoms with Gasteiger partial charge in [-0.05, 0) is 19.9 Å². The fourth-order valence-electron chi connectivity index (χ4n) is 2.51. The standard InChI is InChI=1S/C15H17NO3/c1-4-7-16-13-6-5-10(2)8-12(13)15(19,14(16)18)9-11(3)17/h4-6,8,19H,1,7,9H2,2-3H3. The average molecular weight is 259 g/mol. The van der Waals surface area contributed by atoms with Crippen molar-refractivity contribution in [1.82, 2.24) is 0 Å². The van der Waals surface area contributed by atoms with Gasteiger partial charge in [0.05, 0.1) is 5.69 Å². The molecular weight excluding hydrogens is 242 g/mol. The third-order valence-corrected chi connectivity index (χ3v) is 3.30. The van der Waals surface area contributed by atoms with E-state index in [0.717, 1.165) is 5.56 Å². The summed E-state index contributed by atoms with van der Waals surface area (Å²) in [6.45, 7) is 7.19. The van der Waals surface area contributed by atoms with Crippen LogP contribution in [-0.4, -0.2) is 23.3 Å². The molecule has 2 rings (SSSR count). The molecule has 0 saturated heterocycles. The van der Waals surface area contributed by atoms with E-state index < -0.39 is 11.5 Å². The van der Waals surface area contributed by atoms with Gasteiger partial charge in [-0.25, -0.2) is 0 Å². The SMILES string of the molecule is C=CCN1C(=O)C(O)(CC(C)=O)c2cc(C)ccc21. The molecule has 0 saturated carbocycles. The van der Waals surface area contributed by atoms with E-state index in [0.29, 0.717) is 17.8 Å². The number of amides is 1. The Morgan fingerprint density at radius 3 is 2.79 bits per heavy atom. The van der Waals surface area contributed by atoms with Crippen LogP contribution in [0.15, 0.2) is 30.9 Å². The number of benzene rings is 1. The molecule has 1 aromatic rings. The lowest BCUT2D eigenvalue weighted by Gasteiger charge is -2.21. The van der Waals surface area contributed by atoms with E-state index in [1.165, 1.54) is 11.8 Å². The van der Waals surface area contributed by atoms with Gasteiger partial charge in [0.25, 0.3) is 5.91 Å². The highest BCUT2D eigenvalue weighted by atomic mass is 16.3. The van der Waals surface area contributed by atoms with Gasteiger partial charge in [0.1, 0.15) is 5.78 Å². The van der Waals surface area contributed by atoms with Crippen molar-refractivity contribution in [3.05, 3.63) is 42.0 Å². The van der Waals surface area contributed by atoms with Gasteiger partial charge < -0.3 is 10.0 Å². The molecule has 0 aromatic heterocycles. The van der Waals surface area contributed by atoms with Crippen LogP contribution in [0.5, 0.6) is 0 Å². The molecule has 0 spiro atoms. The minimum atomic E-state index is -1.74. The number of aryl methyl sites for hydroxylation is 1. The van der Waals surface area contributed by atoms with Crippen LogP contribution in [0.2, 0.25) is 0 Å². The summed E-state index contributed by atoms with van der Waals surface area (Å²) in [7, 11) is 0. The number of carbonyl (C=O) groups excluding carboxylic acids is 2. The number of Topliss-reactive ketones (excluding diaryl/α,β-unsaturated/α-hetero) is 1. The molecule has 0 radical (unpaired) electrons. The first-order chi connectivity index (χ1) is 8.90. The zero-order valence-electron chi connectivity index (χ0n) is 11.1. The zero-order chi connectivity index (χ0) is 14.2. The van der Waals surface area contributed by atoms with Gasteiger partial charge in [0.2, 0.25) is 0 Å². The van der Waals surface area contributed by atoms with Crippen molar-refractivity contribution in [2.45, 2.75) is 25.9 Å². The second-order valence-electron chi connectivity index (χ2n) is 4.96. The summed E-state index contributed by atoms with van der Waals surface area (Å²) < 4.78 is 0. The number of nitrogens with zero attached hydrogens (tertiary/aromatic N) is 1. The van der Waals surface area contributed by atoms with Crippen molar-refractivity contribution in [2.75, 3.05) is 11.4 Å². The molecule has 1 aromatic carbocycles. The highest BCUT2D eigenvalue weighted by Gasteiger charge is 2.49. The quantitative estimate of drug-likeness (QED) is 0.837. The molecule has 1 aliphatic heterocycles.